The molecule has 0 heterocycles. The van der Waals surface area contributed by atoms with Crippen molar-refractivity contribution in [2.24, 2.45) is 5.41 Å². The largest absolute Gasteiger partial charge is 0.481 e. The molecule has 0 amide bonds. The molecular weight excluding hydrogens is 340 g/mol. The number of carboxylic acids is 1. The van der Waals surface area contributed by atoms with E-state index >= 15 is 0 Å². The quantitative estimate of drug-likeness (QED) is 0.735. The average Bonchev–Trinajstić information content (AvgIpc) is 2.64. The van der Waals surface area contributed by atoms with Crippen molar-refractivity contribution >= 4 is 18.0 Å². The summed E-state index contributed by atoms with van der Waals surface area (Å²) in [7, 11) is 1.33. The van der Waals surface area contributed by atoms with Crippen LogP contribution in [0.15, 0.2) is 54.6 Å². The highest BCUT2D eigenvalue weighted by atomic mass is 16.5. The number of carbonyl (C=O) groups is 2. The summed E-state index contributed by atoms with van der Waals surface area (Å²) in [5.74, 6) is -1.92. The van der Waals surface area contributed by atoms with E-state index < -0.39 is 17.9 Å². The lowest BCUT2D eigenvalue weighted by Crippen LogP contribution is -2.14. The normalized spacial score (nSPS) is 12.7. The molecule has 2 aromatic rings. The number of ether oxygens (including phenoxy) is 1. The summed E-state index contributed by atoms with van der Waals surface area (Å²) in [5.41, 5.74) is 3.20. The van der Waals surface area contributed by atoms with E-state index in [1.807, 2.05) is 30.3 Å². The summed E-state index contributed by atoms with van der Waals surface area (Å²) in [5, 5.41) is 9.66. The molecule has 0 unspecified atom stereocenters. The summed E-state index contributed by atoms with van der Waals surface area (Å²) in [6, 6.07) is 14.4. The zero-order valence-electron chi connectivity index (χ0n) is 16.2. The molecule has 0 fully saturated rings. The summed E-state index contributed by atoms with van der Waals surface area (Å²) in [6.07, 6.45) is 4.53. The highest BCUT2D eigenvalue weighted by molar-refractivity contribution is 5.89. The number of carbonyl (C=O) groups excluding carboxylic acids is 1. The first-order valence-corrected chi connectivity index (χ1v) is 8.89. The molecule has 0 bridgehead atoms. The number of rotatable bonds is 6. The molecule has 0 aliphatic rings. The maximum absolute atomic E-state index is 11.8. The van der Waals surface area contributed by atoms with Gasteiger partial charge >= 0.3 is 11.9 Å². The van der Waals surface area contributed by atoms with Crippen molar-refractivity contribution in [2.45, 2.75) is 33.1 Å². The highest BCUT2D eigenvalue weighted by Gasteiger charge is 2.20. The van der Waals surface area contributed by atoms with Crippen LogP contribution in [0.4, 0.5) is 0 Å². The van der Waals surface area contributed by atoms with Crippen molar-refractivity contribution in [1.82, 2.24) is 0 Å². The van der Waals surface area contributed by atoms with Gasteiger partial charge in [0.1, 0.15) is 0 Å². The lowest BCUT2D eigenvalue weighted by molar-refractivity contribution is -0.138. The van der Waals surface area contributed by atoms with Gasteiger partial charge in [0.05, 0.1) is 18.6 Å². The number of aliphatic carboxylic acids is 1. The Morgan fingerprint density at radius 3 is 2.11 bits per heavy atom. The fourth-order valence-electron chi connectivity index (χ4n) is 2.66. The molecule has 4 nitrogen and oxygen atoms in total. The second-order valence-electron chi connectivity index (χ2n) is 7.65. The molecule has 1 atom stereocenters. The third-order valence-electron chi connectivity index (χ3n) is 4.23. The Morgan fingerprint density at radius 2 is 1.63 bits per heavy atom. The van der Waals surface area contributed by atoms with Crippen molar-refractivity contribution in [3.8, 4) is 0 Å². The summed E-state index contributed by atoms with van der Waals surface area (Å²) in [4.78, 5) is 23.3. The standard InChI is InChI=1S/C23H26O4/c1-23(2,3)14-13-16-5-9-18(10-6-16)20(21(24)25)15-17-7-11-19(12-8-17)22(26)27-4/h5-14,20H,15H2,1-4H3,(H,24,25)/b14-13+/t20-/m0/s1. The molecule has 2 aromatic carbocycles. The molecule has 0 radical (unpaired) electrons. The van der Waals surface area contributed by atoms with Gasteiger partial charge in [0.15, 0.2) is 0 Å². The Morgan fingerprint density at radius 1 is 1.04 bits per heavy atom. The van der Waals surface area contributed by atoms with Gasteiger partial charge in [-0.2, -0.15) is 0 Å². The van der Waals surface area contributed by atoms with Crippen molar-refractivity contribution in [3.05, 3.63) is 76.9 Å². The fraction of sp³-hybridized carbons (Fsp3) is 0.304. The molecule has 0 aromatic heterocycles. The minimum Gasteiger partial charge on any atom is -0.481 e. The molecule has 0 aliphatic carbocycles. The van der Waals surface area contributed by atoms with Crippen LogP contribution in [0.25, 0.3) is 6.08 Å². The van der Waals surface area contributed by atoms with Crippen LogP contribution in [0, 0.1) is 5.41 Å². The van der Waals surface area contributed by atoms with Gasteiger partial charge in [-0.15, -0.1) is 0 Å². The second-order valence-corrected chi connectivity index (χ2v) is 7.65. The SMILES string of the molecule is COC(=O)c1ccc(C[C@H](C(=O)O)c2ccc(/C=C/C(C)(C)C)cc2)cc1. The predicted molar refractivity (Wildman–Crippen MR) is 107 cm³/mol. The van der Waals surface area contributed by atoms with Crippen molar-refractivity contribution in [1.29, 1.82) is 0 Å². The lowest BCUT2D eigenvalue weighted by Gasteiger charge is -2.14. The van der Waals surface area contributed by atoms with Gasteiger partial charge in [-0.05, 0) is 40.7 Å². The number of carboxylic acid groups (broad SMARTS) is 1. The van der Waals surface area contributed by atoms with E-state index in [9.17, 15) is 14.7 Å². The van der Waals surface area contributed by atoms with Crippen LogP contribution < -0.4 is 0 Å². The van der Waals surface area contributed by atoms with E-state index in [0.717, 1.165) is 16.7 Å². The molecule has 27 heavy (non-hydrogen) atoms. The molecule has 0 aliphatic heterocycles. The Hall–Kier alpha value is -2.88. The lowest BCUT2D eigenvalue weighted by atomic mass is 9.90. The summed E-state index contributed by atoms with van der Waals surface area (Å²) < 4.78 is 4.68. The first kappa shape index (κ1) is 20.4. The number of methoxy groups -OCH3 is 1. The fourth-order valence-corrected chi connectivity index (χ4v) is 2.66. The number of esters is 1. The Balaban J connectivity index is 2.16. The molecule has 4 heteroatoms. The summed E-state index contributed by atoms with van der Waals surface area (Å²) >= 11 is 0. The third-order valence-corrected chi connectivity index (χ3v) is 4.23. The number of hydrogen-bond donors (Lipinski definition) is 1. The Kier molecular flexibility index (Phi) is 6.56. The van der Waals surface area contributed by atoms with Crippen LogP contribution in [-0.2, 0) is 16.0 Å². The van der Waals surface area contributed by atoms with E-state index in [2.05, 4.69) is 31.6 Å². The van der Waals surface area contributed by atoms with E-state index in [1.54, 1.807) is 24.3 Å². The first-order chi connectivity index (χ1) is 12.7. The van der Waals surface area contributed by atoms with Crippen LogP contribution in [0.3, 0.4) is 0 Å². The number of hydrogen-bond acceptors (Lipinski definition) is 3. The first-order valence-electron chi connectivity index (χ1n) is 8.89. The van der Waals surface area contributed by atoms with Gasteiger partial charge in [0, 0.05) is 0 Å². The zero-order valence-corrected chi connectivity index (χ0v) is 16.2. The molecule has 0 spiro atoms. The minimum absolute atomic E-state index is 0.0959. The molecule has 2 rings (SSSR count). The van der Waals surface area contributed by atoms with E-state index in [0.29, 0.717) is 12.0 Å². The highest BCUT2D eigenvalue weighted by Crippen LogP contribution is 2.24. The maximum Gasteiger partial charge on any atom is 0.337 e. The molecular formula is C23H26O4. The predicted octanol–water partition coefficient (Wildman–Crippen LogP) is 4.94. The molecule has 142 valence electrons. The number of benzene rings is 2. The van der Waals surface area contributed by atoms with E-state index in [4.69, 9.17) is 0 Å². The average molecular weight is 366 g/mol. The molecule has 0 saturated carbocycles. The van der Waals surface area contributed by atoms with Gasteiger partial charge < -0.3 is 9.84 Å². The maximum atomic E-state index is 11.8. The van der Waals surface area contributed by atoms with Gasteiger partial charge in [-0.3, -0.25) is 4.79 Å². The molecule has 0 saturated heterocycles. The van der Waals surface area contributed by atoms with Gasteiger partial charge in [-0.25, -0.2) is 4.79 Å². The van der Waals surface area contributed by atoms with Gasteiger partial charge in [0.2, 0.25) is 0 Å². The van der Waals surface area contributed by atoms with E-state index in [-0.39, 0.29) is 5.41 Å². The molecule has 1 N–H and O–H groups in total. The van der Waals surface area contributed by atoms with Crippen LogP contribution in [0.2, 0.25) is 0 Å². The van der Waals surface area contributed by atoms with Crippen LogP contribution >= 0.6 is 0 Å². The van der Waals surface area contributed by atoms with Crippen LogP contribution in [0.1, 0.15) is 53.7 Å². The van der Waals surface area contributed by atoms with Gasteiger partial charge in [0.25, 0.3) is 0 Å². The summed E-state index contributed by atoms with van der Waals surface area (Å²) in [6.45, 7) is 6.39. The van der Waals surface area contributed by atoms with Crippen molar-refractivity contribution < 1.29 is 19.4 Å². The van der Waals surface area contributed by atoms with Gasteiger partial charge in [-0.1, -0.05) is 69.3 Å². The Bertz CT molecular complexity index is 809. The topological polar surface area (TPSA) is 63.6 Å². The Labute approximate surface area is 160 Å². The zero-order chi connectivity index (χ0) is 20.0. The van der Waals surface area contributed by atoms with Crippen molar-refractivity contribution in [2.75, 3.05) is 7.11 Å². The minimum atomic E-state index is -0.870. The van der Waals surface area contributed by atoms with E-state index in [1.165, 1.54) is 7.11 Å². The number of allylic oxidation sites excluding steroid dienone is 1. The third kappa shape index (κ3) is 6.10. The second kappa shape index (κ2) is 8.67. The van der Waals surface area contributed by atoms with Crippen LogP contribution in [-0.4, -0.2) is 24.2 Å². The smallest absolute Gasteiger partial charge is 0.337 e. The monoisotopic (exact) mass is 366 g/mol. The van der Waals surface area contributed by atoms with Crippen LogP contribution in [0.5, 0.6) is 0 Å². The van der Waals surface area contributed by atoms with Crippen molar-refractivity contribution in [3.63, 3.8) is 0 Å².